The second-order valence-corrected chi connectivity index (χ2v) is 17.1. The predicted molar refractivity (Wildman–Crippen MR) is 267 cm³/mol. The molecule has 1 aliphatic rings. The Bertz CT molecular complexity index is 3950. The second kappa shape index (κ2) is 14.9. The molecule has 0 unspecified atom stereocenters. The average Bonchev–Trinajstić information content (AvgIpc) is 4.11. The Balaban J connectivity index is 1.09. The zero-order valence-corrected chi connectivity index (χ0v) is 35.4. The molecule has 4 aromatic heterocycles. The number of aromatic amines is 1. The van der Waals surface area contributed by atoms with E-state index in [0.717, 1.165) is 80.0 Å². The maximum absolute atomic E-state index is 5.28. The summed E-state index contributed by atoms with van der Waals surface area (Å²) in [5, 5.41) is 8.56. The fraction of sp³-hybridized carbons (Fsp3) is 0.0526. The lowest BCUT2D eigenvalue weighted by atomic mass is 10.1. The molecular weight excluding hydrogens is 787 g/mol. The number of aliphatic imine (C=N–C) groups is 1. The molecule has 298 valence electrons. The summed E-state index contributed by atoms with van der Waals surface area (Å²) in [6.07, 6.45) is 8.77. The fourth-order valence-electron chi connectivity index (χ4n) is 9.49. The lowest BCUT2D eigenvalue weighted by molar-refractivity contribution is 1.04. The first kappa shape index (κ1) is 36.8. The number of nitrogens with one attached hydrogen (secondary N) is 1. The van der Waals surface area contributed by atoms with Crippen molar-refractivity contribution in [3.63, 3.8) is 0 Å². The van der Waals surface area contributed by atoms with Gasteiger partial charge in [-0.05, 0) is 50.1 Å². The number of aromatic nitrogens is 4. The van der Waals surface area contributed by atoms with Crippen LogP contribution in [0.15, 0.2) is 187 Å². The minimum absolute atomic E-state index is 0.685. The number of nitrogens with zero attached hydrogens (tertiary/aromatic N) is 4. The van der Waals surface area contributed by atoms with E-state index in [1.54, 1.807) is 11.3 Å². The summed E-state index contributed by atoms with van der Waals surface area (Å²) in [7, 11) is 0. The van der Waals surface area contributed by atoms with E-state index >= 15 is 0 Å². The molecule has 7 aromatic carbocycles. The first-order valence-electron chi connectivity index (χ1n) is 21.3. The van der Waals surface area contributed by atoms with Crippen LogP contribution >= 0.6 is 11.3 Å². The Kier molecular flexibility index (Phi) is 8.70. The van der Waals surface area contributed by atoms with E-state index in [1.807, 2.05) is 18.2 Å². The number of hydrogen-bond donors (Lipinski definition) is 1. The van der Waals surface area contributed by atoms with Crippen molar-refractivity contribution in [1.29, 1.82) is 0 Å². The summed E-state index contributed by atoms with van der Waals surface area (Å²) < 4.78 is 7.34. The van der Waals surface area contributed by atoms with Gasteiger partial charge in [0.1, 0.15) is 11.5 Å². The lowest BCUT2D eigenvalue weighted by Gasteiger charge is -2.12. The number of fused-ring (bicyclic) bond motifs is 11. The van der Waals surface area contributed by atoms with Crippen molar-refractivity contribution < 1.29 is 0 Å². The fourth-order valence-corrected chi connectivity index (χ4v) is 10.6. The van der Waals surface area contributed by atoms with Crippen molar-refractivity contribution >= 4 is 105 Å². The molecule has 0 amide bonds. The molecule has 12 rings (SSSR count). The van der Waals surface area contributed by atoms with E-state index in [9.17, 15) is 0 Å². The van der Waals surface area contributed by atoms with Gasteiger partial charge >= 0.3 is 0 Å². The Morgan fingerprint density at radius 1 is 0.698 bits per heavy atom. The van der Waals surface area contributed by atoms with Crippen LogP contribution in [0.25, 0.3) is 105 Å². The van der Waals surface area contributed by atoms with Crippen molar-refractivity contribution in [1.82, 2.24) is 19.1 Å². The van der Waals surface area contributed by atoms with Crippen LogP contribution in [0.4, 0.5) is 0 Å². The summed E-state index contributed by atoms with van der Waals surface area (Å²) in [5.74, 6) is 0.849. The summed E-state index contributed by atoms with van der Waals surface area (Å²) in [4.78, 5) is 14.1. The monoisotopic (exact) mass is 825 g/mol. The quantitative estimate of drug-likeness (QED) is 0.126. The van der Waals surface area contributed by atoms with Gasteiger partial charge in [-0.2, -0.15) is 0 Å². The summed E-state index contributed by atoms with van der Waals surface area (Å²) >= 11 is 1.80. The highest BCUT2D eigenvalue weighted by Gasteiger charge is 2.22. The van der Waals surface area contributed by atoms with E-state index in [4.69, 9.17) is 9.98 Å². The summed E-state index contributed by atoms with van der Waals surface area (Å²) in [6, 6.07) is 55.6. The van der Waals surface area contributed by atoms with Gasteiger partial charge in [0.15, 0.2) is 0 Å². The molecule has 0 aliphatic heterocycles. The molecule has 0 spiro atoms. The van der Waals surface area contributed by atoms with Gasteiger partial charge in [0.2, 0.25) is 0 Å². The molecule has 4 heterocycles. The Morgan fingerprint density at radius 3 is 2.29 bits per heavy atom. The van der Waals surface area contributed by atoms with Gasteiger partial charge in [-0.25, -0.2) is 9.98 Å². The van der Waals surface area contributed by atoms with Gasteiger partial charge < -0.3 is 14.1 Å². The minimum Gasteiger partial charge on any atom is -0.336 e. The van der Waals surface area contributed by atoms with Crippen molar-refractivity contribution in [2.75, 3.05) is 0 Å². The van der Waals surface area contributed by atoms with Crippen LogP contribution in [0.3, 0.4) is 0 Å². The molecule has 0 saturated carbocycles. The number of rotatable bonds is 7. The van der Waals surface area contributed by atoms with Gasteiger partial charge in [0, 0.05) is 64.3 Å². The Labute approximate surface area is 367 Å². The second-order valence-electron chi connectivity index (χ2n) is 16.0. The molecule has 1 N–H and O–H groups in total. The largest absolute Gasteiger partial charge is 0.336 e. The third kappa shape index (κ3) is 6.01. The highest BCUT2D eigenvalue weighted by atomic mass is 32.1. The number of thiophene rings is 1. The molecule has 1 aliphatic carbocycles. The molecule has 0 saturated heterocycles. The Hall–Kier alpha value is -7.98. The third-order valence-electron chi connectivity index (χ3n) is 12.4. The highest BCUT2D eigenvalue weighted by Crippen LogP contribution is 2.39. The summed E-state index contributed by atoms with van der Waals surface area (Å²) in [5.41, 5.74) is 18.8. The van der Waals surface area contributed by atoms with Crippen molar-refractivity contribution in [3.8, 4) is 17.1 Å². The molecule has 11 aromatic rings. The van der Waals surface area contributed by atoms with Gasteiger partial charge in [-0.3, -0.25) is 0 Å². The first-order chi connectivity index (χ1) is 31.1. The molecule has 0 fully saturated rings. The predicted octanol–water partition coefficient (Wildman–Crippen LogP) is 13.3. The smallest absolute Gasteiger partial charge is 0.138 e. The molecule has 0 bridgehead atoms. The molecule has 0 atom stereocenters. The van der Waals surface area contributed by atoms with Crippen molar-refractivity contribution in [2.24, 2.45) is 4.99 Å². The van der Waals surface area contributed by atoms with E-state index in [-0.39, 0.29) is 0 Å². The number of imidazole rings is 1. The molecular formula is C57H39N5S. The maximum Gasteiger partial charge on any atom is 0.138 e. The molecule has 0 radical (unpaired) electrons. The van der Waals surface area contributed by atoms with Crippen LogP contribution in [-0.2, 0) is 0 Å². The third-order valence-corrected chi connectivity index (χ3v) is 13.5. The number of hydrogen-bond acceptors (Lipinski definition) is 3. The van der Waals surface area contributed by atoms with E-state index in [1.165, 1.54) is 46.9 Å². The topological polar surface area (TPSA) is 50.9 Å². The standard InChI is InChI=1S/C57H39N5S/c1-3-46(39-30-31-43-42-23-12-15-28-52(42)63-53(43)35-39)58-47(37-17-6-4-7-18-37)34-29-36(2)61-49-25-13-10-21-40(49)44-32-33-45-41-22-11-14-26-50(41)62(56(45)55(44)61)51-27-16-24-48-54(51)60-57(59-48)38-19-8-5-9-20-38/h4-9,11-12,14-28,30-35H,1,10,13H2,2H3,(H,59,60)/b58-47+. The van der Waals surface area contributed by atoms with Crippen LogP contribution in [0.2, 0.25) is 0 Å². The van der Waals surface area contributed by atoms with E-state index in [2.05, 4.69) is 197 Å². The zero-order chi connectivity index (χ0) is 42.0. The van der Waals surface area contributed by atoms with E-state index in [0.29, 0.717) is 5.70 Å². The van der Waals surface area contributed by atoms with E-state index < -0.39 is 0 Å². The maximum atomic E-state index is 5.28. The first-order valence-corrected chi connectivity index (χ1v) is 22.2. The van der Waals surface area contributed by atoms with Crippen LogP contribution in [0.1, 0.15) is 30.9 Å². The number of H-pyrrole nitrogens is 1. The van der Waals surface area contributed by atoms with Crippen LogP contribution in [-0.4, -0.2) is 24.8 Å². The Morgan fingerprint density at radius 2 is 1.43 bits per heavy atom. The van der Waals surface area contributed by atoms with Crippen molar-refractivity contribution in [2.45, 2.75) is 19.8 Å². The van der Waals surface area contributed by atoms with Crippen molar-refractivity contribution in [3.05, 3.63) is 204 Å². The highest BCUT2D eigenvalue weighted by molar-refractivity contribution is 7.25. The molecule has 5 nitrogen and oxygen atoms in total. The molecule has 6 heteroatoms. The van der Waals surface area contributed by atoms with Crippen LogP contribution in [0.5, 0.6) is 0 Å². The average molecular weight is 826 g/mol. The summed E-state index contributed by atoms with van der Waals surface area (Å²) in [6.45, 7) is 6.28. The van der Waals surface area contributed by atoms with Gasteiger partial charge in [-0.15, -0.1) is 17.1 Å². The number of allylic oxidation sites excluding steroid dienone is 1. The molecule has 63 heavy (non-hydrogen) atoms. The number of para-hydroxylation sites is 2. The van der Waals surface area contributed by atoms with Crippen LogP contribution < -0.4 is 10.6 Å². The lowest BCUT2D eigenvalue weighted by Crippen LogP contribution is -2.30. The number of benzene rings is 7. The van der Waals surface area contributed by atoms with Crippen LogP contribution in [0, 0.1) is 0 Å². The van der Waals surface area contributed by atoms with Gasteiger partial charge in [-0.1, -0.05) is 152 Å². The zero-order valence-electron chi connectivity index (χ0n) is 34.6. The normalized spacial score (nSPS) is 12.7. The minimum atomic E-state index is 0.685. The van der Waals surface area contributed by atoms with Gasteiger partial charge in [0.25, 0.3) is 0 Å². The SMILES string of the molecule is C=C=C(/N=C(\C=C=C(C)n1c2c(c3ccc4c5ccccc5n(-c5cccc6nc(-c7ccccc7)[nH]c56)c4c31)=CCCC=2)c1ccccc1)c1ccc2c(c1)sc1ccccc12. The van der Waals surface area contributed by atoms with Gasteiger partial charge in [0.05, 0.1) is 50.0 Å².